The van der Waals surface area contributed by atoms with Gasteiger partial charge in [0.25, 0.3) is 0 Å². The predicted molar refractivity (Wildman–Crippen MR) is 68.2 cm³/mol. The lowest BCUT2D eigenvalue weighted by Gasteiger charge is -2.03. The van der Waals surface area contributed by atoms with Gasteiger partial charge in [0, 0.05) is 6.42 Å². The topological polar surface area (TPSA) is 70.6 Å². The summed E-state index contributed by atoms with van der Waals surface area (Å²) >= 11 is 1.74. The van der Waals surface area contributed by atoms with Crippen LogP contribution in [0.1, 0.15) is 24.8 Å². The van der Waals surface area contributed by atoms with E-state index in [1.165, 1.54) is 5.56 Å². The third kappa shape index (κ3) is 5.72. The first-order valence-corrected chi connectivity index (χ1v) is 6.45. The van der Waals surface area contributed by atoms with Gasteiger partial charge in [-0.25, -0.2) is 0 Å². The van der Waals surface area contributed by atoms with Crippen molar-refractivity contribution in [3.8, 4) is 0 Å². The van der Waals surface area contributed by atoms with Crippen LogP contribution in [0.5, 0.6) is 0 Å². The number of unbranched alkanes of at least 4 members (excludes halogenated alkanes) is 1. The van der Waals surface area contributed by atoms with Crippen molar-refractivity contribution in [1.29, 1.82) is 0 Å². The monoisotopic (exact) mass is 241 g/mol. The normalized spacial score (nSPS) is 11.9. The SMILES string of the molecule is NC(CCCCNCCc1ccsc1)=NO. The van der Waals surface area contributed by atoms with Crippen LogP contribution in [0.2, 0.25) is 0 Å². The van der Waals surface area contributed by atoms with Crippen LogP contribution in [0, 0.1) is 0 Å². The first kappa shape index (κ1) is 13.0. The van der Waals surface area contributed by atoms with E-state index in [1.807, 2.05) is 0 Å². The van der Waals surface area contributed by atoms with Crippen molar-refractivity contribution >= 4 is 17.2 Å². The summed E-state index contributed by atoms with van der Waals surface area (Å²) in [5.74, 6) is 0.318. The fraction of sp³-hybridized carbons (Fsp3) is 0.545. The Morgan fingerprint density at radius 2 is 2.31 bits per heavy atom. The van der Waals surface area contributed by atoms with E-state index in [1.54, 1.807) is 11.3 Å². The van der Waals surface area contributed by atoms with Gasteiger partial charge in [-0.05, 0) is 54.7 Å². The second-order valence-electron chi connectivity index (χ2n) is 3.68. The Morgan fingerprint density at radius 3 is 3.00 bits per heavy atom. The van der Waals surface area contributed by atoms with Gasteiger partial charge in [0.1, 0.15) is 5.84 Å². The molecular formula is C11H19N3OS. The van der Waals surface area contributed by atoms with Gasteiger partial charge in [-0.15, -0.1) is 0 Å². The zero-order valence-corrected chi connectivity index (χ0v) is 10.2. The Kier molecular flexibility index (Phi) is 6.60. The maximum atomic E-state index is 8.33. The fourth-order valence-corrected chi connectivity index (χ4v) is 2.10. The summed E-state index contributed by atoms with van der Waals surface area (Å²) in [4.78, 5) is 0. The van der Waals surface area contributed by atoms with Gasteiger partial charge < -0.3 is 16.3 Å². The zero-order valence-electron chi connectivity index (χ0n) is 9.35. The van der Waals surface area contributed by atoms with Crippen molar-refractivity contribution in [2.45, 2.75) is 25.7 Å². The van der Waals surface area contributed by atoms with E-state index >= 15 is 0 Å². The molecule has 0 spiro atoms. The molecule has 1 rings (SSSR count). The Hall–Kier alpha value is -1.07. The number of rotatable bonds is 8. The van der Waals surface area contributed by atoms with Crippen LogP contribution in [0.4, 0.5) is 0 Å². The van der Waals surface area contributed by atoms with E-state index < -0.39 is 0 Å². The van der Waals surface area contributed by atoms with Crippen LogP contribution in [0.15, 0.2) is 22.0 Å². The van der Waals surface area contributed by atoms with Gasteiger partial charge in [-0.3, -0.25) is 0 Å². The van der Waals surface area contributed by atoms with E-state index in [4.69, 9.17) is 10.9 Å². The molecule has 1 aromatic rings. The molecule has 0 atom stereocenters. The molecule has 0 bridgehead atoms. The lowest BCUT2D eigenvalue weighted by atomic mass is 10.2. The molecule has 0 aliphatic rings. The van der Waals surface area contributed by atoms with Gasteiger partial charge >= 0.3 is 0 Å². The van der Waals surface area contributed by atoms with E-state index in [2.05, 4.69) is 27.3 Å². The van der Waals surface area contributed by atoms with E-state index in [0.29, 0.717) is 12.3 Å². The molecule has 4 N–H and O–H groups in total. The molecule has 0 radical (unpaired) electrons. The first-order chi connectivity index (χ1) is 7.83. The molecule has 0 aliphatic carbocycles. The first-order valence-electron chi connectivity index (χ1n) is 5.51. The lowest BCUT2D eigenvalue weighted by Crippen LogP contribution is -2.19. The average molecular weight is 241 g/mol. The number of hydrogen-bond donors (Lipinski definition) is 3. The van der Waals surface area contributed by atoms with Gasteiger partial charge in [0.15, 0.2) is 0 Å². The molecule has 4 nitrogen and oxygen atoms in total. The molecule has 0 saturated heterocycles. The number of nitrogens with one attached hydrogen (secondary N) is 1. The van der Waals surface area contributed by atoms with Gasteiger partial charge in [0.05, 0.1) is 0 Å². The van der Waals surface area contributed by atoms with Crippen molar-refractivity contribution < 1.29 is 5.21 Å². The second-order valence-corrected chi connectivity index (χ2v) is 4.46. The molecule has 90 valence electrons. The molecule has 0 aliphatic heterocycles. The van der Waals surface area contributed by atoms with Gasteiger partial charge in [0.2, 0.25) is 0 Å². The molecule has 1 aromatic heterocycles. The molecule has 0 fully saturated rings. The van der Waals surface area contributed by atoms with Crippen LogP contribution >= 0.6 is 11.3 Å². The second kappa shape index (κ2) is 8.13. The smallest absolute Gasteiger partial charge is 0.139 e. The highest BCUT2D eigenvalue weighted by atomic mass is 32.1. The Bertz CT molecular complexity index is 298. The molecule has 5 heteroatoms. The number of thiophene rings is 1. The van der Waals surface area contributed by atoms with Crippen LogP contribution in [-0.2, 0) is 6.42 Å². The molecule has 0 amide bonds. The Balaban J connectivity index is 1.89. The zero-order chi connectivity index (χ0) is 11.6. The molecule has 0 aromatic carbocycles. The number of nitrogens with zero attached hydrogens (tertiary/aromatic N) is 1. The maximum absolute atomic E-state index is 8.33. The average Bonchev–Trinajstić information content (AvgIpc) is 2.80. The van der Waals surface area contributed by atoms with Crippen molar-refractivity contribution in [3.05, 3.63) is 22.4 Å². The minimum absolute atomic E-state index is 0.318. The van der Waals surface area contributed by atoms with Crippen LogP contribution in [0.25, 0.3) is 0 Å². The summed E-state index contributed by atoms with van der Waals surface area (Å²) < 4.78 is 0. The van der Waals surface area contributed by atoms with Gasteiger partial charge in [-0.1, -0.05) is 5.16 Å². The highest BCUT2D eigenvalue weighted by molar-refractivity contribution is 7.07. The summed E-state index contributed by atoms with van der Waals surface area (Å²) in [6, 6.07) is 2.16. The minimum atomic E-state index is 0.318. The van der Waals surface area contributed by atoms with Crippen LogP contribution in [0.3, 0.4) is 0 Å². The number of hydrogen-bond acceptors (Lipinski definition) is 4. The standard InChI is InChI=1S/C11H19N3OS/c12-11(14-15)3-1-2-6-13-7-4-10-5-8-16-9-10/h5,8-9,13,15H,1-4,6-7H2,(H2,12,14). The van der Waals surface area contributed by atoms with Crippen LogP contribution in [-0.4, -0.2) is 24.1 Å². The largest absolute Gasteiger partial charge is 0.409 e. The summed E-state index contributed by atoms with van der Waals surface area (Å²) in [6.45, 7) is 2.00. The quantitative estimate of drug-likeness (QED) is 0.214. The van der Waals surface area contributed by atoms with Crippen molar-refractivity contribution in [2.75, 3.05) is 13.1 Å². The minimum Gasteiger partial charge on any atom is -0.409 e. The van der Waals surface area contributed by atoms with Gasteiger partial charge in [-0.2, -0.15) is 11.3 Å². The van der Waals surface area contributed by atoms with Crippen molar-refractivity contribution in [3.63, 3.8) is 0 Å². The molecular weight excluding hydrogens is 222 g/mol. The maximum Gasteiger partial charge on any atom is 0.139 e. The number of oxime groups is 1. The number of amidine groups is 1. The summed E-state index contributed by atoms with van der Waals surface area (Å²) in [5.41, 5.74) is 6.76. The van der Waals surface area contributed by atoms with Crippen LogP contribution < -0.4 is 11.1 Å². The Labute approximate surface area is 100 Å². The molecule has 0 unspecified atom stereocenters. The van der Waals surface area contributed by atoms with Crippen molar-refractivity contribution in [2.24, 2.45) is 10.9 Å². The molecule has 1 heterocycles. The summed E-state index contributed by atoms with van der Waals surface area (Å²) in [6.07, 6.45) is 3.77. The summed E-state index contributed by atoms with van der Waals surface area (Å²) in [5, 5.41) is 18.9. The lowest BCUT2D eigenvalue weighted by molar-refractivity contribution is 0.316. The summed E-state index contributed by atoms with van der Waals surface area (Å²) in [7, 11) is 0. The predicted octanol–water partition coefficient (Wildman–Crippen LogP) is 1.80. The van der Waals surface area contributed by atoms with Crippen molar-refractivity contribution in [1.82, 2.24) is 5.32 Å². The third-order valence-corrected chi connectivity index (χ3v) is 3.07. The van der Waals surface area contributed by atoms with E-state index in [9.17, 15) is 0 Å². The number of nitrogens with two attached hydrogens (primary N) is 1. The van der Waals surface area contributed by atoms with E-state index in [0.717, 1.165) is 32.4 Å². The molecule has 16 heavy (non-hydrogen) atoms. The highest BCUT2D eigenvalue weighted by Gasteiger charge is 1.95. The van der Waals surface area contributed by atoms with E-state index in [-0.39, 0.29) is 0 Å². The Morgan fingerprint density at radius 1 is 1.44 bits per heavy atom. The fourth-order valence-electron chi connectivity index (χ4n) is 1.40. The highest BCUT2D eigenvalue weighted by Crippen LogP contribution is 2.05. The third-order valence-electron chi connectivity index (χ3n) is 2.34. The molecule has 0 saturated carbocycles.